The first-order valence-corrected chi connectivity index (χ1v) is 9.10. The van der Waals surface area contributed by atoms with Gasteiger partial charge in [0.1, 0.15) is 0 Å². The Hall–Kier alpha value is -0.870. The second-order valence-corrected chi connectivity index (χ2v) is 7.60. The lowest BCUT2D eigenvalue weighted by Crippen LogP contribution is -2.31. The summed E-state index contributed by atoms with van der Waals surface area (Å²) < 4.78 is 0. The van der Waals surface area contributed by atoms with Gasteiger partial charge in [-0.25, -0.2) is 0 Å². The summed E-state index contributed by atoms with van der Waals surface area (Å²) in [6, 6.07) is 2.11. The van der Waals surface area contributed by atoms with Gasteiger partial charge in [0.05, 0.1) is 4.88 Å². The second kappa shape index (κ2) is 6.93. The van der Waals surface area contributed by atoms with Gasteiger partial charge in [0.25, 0.3) is 5.91 Å². The van der Waals surface area contributed by atoms with E-state index >= 15 is 0 Å². The molecule has 2 aliphatic carbocycles. The molecule has 0 saturated heterocycles. The molecule has 1 heterocycles. The lowest BCUT2D eigenvalue weighted by Gasteiger charge is -2.17. The lowest BCUT2D eigenvalue weighted by atomic mass is 9.97. The van der Waals surface area contributed by atoms with E-state index in [0.29, 0.717) is 18.4 Å². The van der Waals surface area contributed by atoms with Gasteiger partial charge in [-0.05, 0) is 62.0 Å². The fourth-order valence-corrected chi connectivity index (χ4v) is 4.88. The molecule has 1 amide bonds. The van der Waals surface area contributed by atoms with Crippen LogP contribution in [-0.4, -0.2) is 24.2 Å². The monoisotopic (exact) mass is 307 g/mol. The van der Waals surface area contributed by atoms with Gasteiger partial charge in [-0.15, -0.1) is 11.3 Å². The molecule has 3 rings (SSSR count). The molecule has 2 aliphatic rings. The minimum absolute atomic E-state index is 0.0802. The van der Waals surface area contributed by atoms with Gasteiger partial charge in [-0.1, -0.05) is 12.8 Å². The van der Waals surface area contributed by atoms with Gasteiger partial charge in [-0.3, -0.25) is 4.79 Å². The first-order chi connectivity index (χ1) is 10.3. The number of aliphatic hydroxyl groups is 1. The molecule has 0 aliphatic heterocycles. The minimum atomic E-state index is 0.0802. The largest absolute Gasteiger partial charge is 0.396 e. The molecule has 1 aromatic rings. The second-order valence-electron chi connectivity index (χ2n) is 6.46. The Balaban J connectivity index is 1.58. The Bertz CT molecular complexity index is 473. The van der Waals surface area contributed by atoms with E-state index in [2.05, 4.69) is 11.4 Å². The number of aryl methyl sites for hydroxylation is 2. The van der Waals surface area contributed by atoms with Crippen LogP contribution in [0.4, 0.5) is 0 Å². The maximum absolute atomic E-state index is 12.3. The third kappa shape index (κ3) is 3.49. The van der Waals surface area contributed by atoms with E-state index in [-0.39, 0.29) is 12.5 Å². The highest BCUT2D eigenvalue weighted by Crippen LogP contribution is 2.31. The number of hydrogen-bond acceptors (Lipinski definition) is 3. The molecular weight excluding hydrogens is 282 g/mol. The van der Waals surface area contributed by atoms with Crippen LogP contribution in [-0.2, 0) is 12.8 Å². The summed E-state index contributed by atoms with van der Waals surface area (Å²) >= 11 is 1.68. The smallest absolute Gasteiger partial charge is 0.261 e. The first kappa shape index (κ1) is 15.0. The Kier molecular flexibility index (Phi) is 4.96. The third-order valence-corrected chi connectivity index (χ3v) is 6.28. The fourth-order valence-electron chi connectivity index (χ4n) is 3.71. The summed E-state index contributed by atoms with van der Waals surface area (Å²) in [4.78, 5) is 14.6. The summed E-state index contributed by atoms with van der Waals surface area (Å²) in [7, 11) is 0. The molecular formula is C17H25NO2S. The van der Waals surface area contributed by atoms with E-state index < -0.39 is 0 Å². The van der Waals surface area contributed by atoms with E-state index in [1.165, 1.54) is 36.1 Å². The molecule has 21 heavy (non-hydrogen) atoms. The summed E-state index contributed by atoms with van der Waals surface area (Å²) in [6.45, 7) is 0.973. The van der Waals surface area contributed by atoms with Crippen molar-refractivity contribution in [1.29, 1.82) is 0 Å². The molecule has 2 unspecified atom stereocenters. The standard InChI is InChI=1S/C17H25NO2S/c19-11-14-7-4-6-13(14)10-18-17(20)16-9-12-5-2-1-3-8-15(12)21-16/h9,13-14,19H,1-8,10-11H2,(H,18,20). The third-order valence-electron chi connectivity index (χ3n) is 5.05. The average Bonchev–Trinajstić information content (AvgIpc) is 3.06. The predicted octanol–water partition coefficient (Wildman–Crippen LogP) is 3.16. The number of amides is 1. The first-order valence-electron chi connectivity index (χ1n) is 8.28. The highest BCUT2D eigenvalue weighted by Gasteiger charge is 2.27. The van der Waals surface area contributed by atoms with E-state index in [1.807, 2.05) is 0 Å². The predicted molar refractivity (Wildman–Crippen MR) is 85.8 cm³/mol. The molecule has 1 saturated carbocycles. The van der Waals surface area contributed by atoms with Gasteiger partial charge in [0.15, 0.2) is 0 Å². The molecule has 2 atom stereocenters. The molecule has 2 N–H and O–H groups in total. The van der Waals surface area contributed by atoms with Crippen LogP contribution in [0.1, 0.15) is 58.6 Å². The molecule has 0 aromatic carbocycles. The zero-order valence-electron chi connectivity index (χ0n) is 12.6. The maximum Gasteiger partial charge on any atom is 0.261 e. The Labute approximate surface area is 130 Å². The van der Waals surface area contributed by atoms with Crippen molar-refractivity contribution in [2.45, 2.75) is 51.4 Å². The summed E-state index contributed by atoms with van der Waals surface area (Å²) in [5.74, 6) is 0.916. The van der Waals surface area contributed by atoms with Crippen LogP contribution in [0.15, 0.2) is 6.07 Å². The Morgan fingerprint density at radius 1 is 1.19 bits per heavy atom. The number of carbonyl (C=O) groups excluding carboxylic acids is 1. The maximum atomic E-state index is 12.3. The summed E-state index contributed by atoms with van der Waals surface area (Å²) in [5, 5.41) is 12.4. The number of fused-ring (bicyclic) bond motifs is 1. The quantitative estimate of drug-likeness (QED) is 0.840. The van der Waals surface area contributed by atoms with E-state index in [1.54, 1.807) is 11.3 Å². The van der Waals surface area contributed by atoms with Gasteiger partial charge in [0.2, 0.25) is 0 Å². The average molecular weight is 307 g/mol. The highest BCUT2D eigenvalue weighted by atomic mass is 32.1. The number of carbonyl (C=O) groups is 1. The van der Waals surface area contributed by atoms with Crippen molar-refractivity contribution in [3.8, 4) is 0 Å². The molecule has 1 fully saturated rings. The molecule has 0 bridgehead atoms. The molecule has 116 valence electrons. The molecule has 1 aromatic heterocycles. The van der Waals surface area contributed by atoms with Crippen LogP contribution in [0.5, 0.6) is 0 Å². The number of aliphatic hydroxyl groups excluding tert-OH is 1. The van der Waals surface area contributed by atoms with Crippen LogP contribution in [0.2, 0.25) is 0 Å². The van der Waals surface area contributed by atoms with Gasteiger partial charge >= 0.3 is 0 Å². The number of hydrogen-bond donors (Lipinski definition) is 2. The van der Waals surface area contributed by atoms with Crippen LogP contribution in [0, 0.1) is 11.8 Å². The van der Waals surface area contributed by atoms with Crippen molar-refractivity contribution < 1.29 is 9.90 Å². The normalized spacial score (nSPS) is 25.4. The zero-order valence-corrected chi connectivity index (χ0v) is 13.4. The number of thiophene rings is 1. The molecule has 0 radical (unpaired) electrons. The molecule has 4 heteroatoms. The van der Waals surface area contributed by atoms with E-state index in [9.17, 15) is 9.90 Å². The van der Waals surface area contributed by atoms with Crippen LogP contribution in [0.3, 0.4) is 0 Å². The van der Waals surface area contributed by atoms with Crippen molar-refractivity contribution in [1.82, 2.24) is 5.32 Å². The highest BCUT2D eigenvalue weighted by molar-refractivity contribution is 7.14. The number of rotatable bonds is 4. The van der Waals surface area contributed by atoms with Crippen LogP contribution < -0.4 is 5.32 Å². The van der Waals surface area contributed by atoms with E-state index in [4.69, 9.17) is 0 Å². The van der Waals surface area contributed by atoms with Gasteiger partial charge < -0.3 is 10.4 Å². The fraction of sp³-hybridized carbons (Fsp3) is 0.706. The van der Waals surface area contributed by atoms with Crippen LogP contribution >= 0.6 is 11.3 Å². The molecule has 0 spiro atoms. The SMILES string of the molecule is O=C(NCC1CCCC1CO)c1cc2c(s1)CCCCC2. The van der Waals surface area contributed by atoms with Crippen molar-refractivity contribution in [2.75, 3.05) is 13.2 Å². The molecule has 3 nitrogen and oxygen atoms in total. The summed E-state index contributed by atoms with van der Waals surface area (Å²) in [5.41, 5.74) is 1.40. The zero-order chi connectivity index (χ0) is 14.7. The van der Waals surface area contributed by atoms with Crippen LogP contribution in [0.25, 0.3) is 0 Å². The van der Waals surface area contributed by atoms with Crippen molar-refractivity contribution >= 4 is 17.2 Å². The Morgan fingerprint density at radius 3 is 2.86 bits per heavy atom. The van der Waals surface area contributed by atoms with Crippen molar-refractivity contribution in [2.24, 2.45) is 11.8 Å². The topological polar surface area (TPSA) is 49.3 Å². The van der Waals surface area contributed by atoms with Gasteiger partial charge in [0, 0.05) is 18.0 Å². The minimum Gasteiger partial charge on any atom is -0.396 e. The summed E-state index contributed by atoms with van der Waals surface area (Å²) in [6.07, 6.45) is 9.51. The Morgan fingerprint density at radius 2 is 2.00 bits per heavy atom. The van der Waals surface area contributed by atoms with Gasteiger partial charge in [-0.2, -0.15) is 0 Å². The van der Waals surface area contributed by atoms with E-state index in [0.717, 1.165) is 30.6 Å². The van der Waals surface area contributed by atoms with Crippen molar-refractivity contribution in [3.63, 3.8) is 0 Å². The van der Waals surface area contributed by atoms with Crippen molar-refractivity contribution in [3.05, 3.63) is 21.4 Å². The lowest BCUT2D eigenvalue weighted by molar-refractivity contribution is 0.0941. The number of nitrogens with one attached hydrogen (secondary N) is 1.